The SMILES string of the molecule is CCC1SCC(C(=O)O)N1C(=O)[C@@H](CC)NC(=O)OCC1c2ccccc2-c2ccccc21. The van der Waals surface area contributed by atoms with Crippen molar-refractivity contribution in [3.63, 3.8) is 0 Å². The van der Waals surface area contributed by atoms with Crippen LogP contribution < -0.4 is 5.32 Å². The van der Waals surface area contributed by atoms with E-state index in [0.717, 1.165) is 22.3 Å². The van der Waals surface area contributed by atoms with Gasteiger partial charge in [-0.15, -0.1) is 11.8 Å². The molecule has 1 saturated heterocycles. The molecule has 174 valence electrons. The largest absolute Gasteiger partial charge is 0.480 e. The van der Waals surface area contributed by atoms with Crippen molar-refractivity contribution < 1.29 is 24.2 Å². The van der Waals surface area contributed by atoms with Gasteiger partial charge in [0, 0.05) is 11.7 Å². The number of carboxylic acid groups (broad SMARTS) is 1. The number of nitrogens with one attached hydrogen (secondary N) is 1. The number of alkyl carbamates (subject to hydrolysis) is 1. The van der Waals surface area contributed by atoms with Gasteiger partial charge in [0.25, 0.3) is 0 Å². The number of benzene rings is 2. The number of carboxylic acids is 1. The smallest absolute Gasteiger partial charge is 0.407 e. The lowest BCUT2D eigenvalue weighted by Gasteiger charge is -2.30. The molecule has 2 aromatic carbocycles. The molecule has 1 heterocycles. The molecule has 2 aromatic rings. The third-order valence-electron chi connectivity index (χ3n) is 6.32. The number of nitrogens with zero attached hydrogens (tertiary/aromatic N) is 1. The summed E-state index contributed by atoms with van der Waals surface area (Å²) in [5.41, 5.74) is 4.50. The van der Waals surface area contributed by atoms with Crippen molar-refractivity contribution in [2.24, 2.45) is 0 Å². The highest BCUT2D eigenvalue weighted by Gasteiger charge is 2.43. The Morgan fingerprint density at radius 3 is 2.24 bits per heavy atom. The van der Waals surface area contributed by atoms with E-state index in [1.54, 1.807) is 6.92 Å². The minimum absolute atomic E-state index is 0.0743. The lowest BCUT2D eigenvalue weighted by atomic mass is 9.98. The Labute approximate surface area is 197 Å². The first-order valence-electron chi connectivity index (χ1n) is 11.2. The molecule has 2 amide bonds. The number of rotatable bonds is 7. The fraction of sp³-hybridized carbons (Fsp3) is 0.400. The predicted octanol–water partition coefficient (Wildman–Crippen LogP) is 4.07. The molecule has 33 heavy (non-hydrogen) atoms. The first-order chi connectivity index (χ1) is 16.0. The van der Waals surface area contributed by atoms with Crippen LogP contribution in [0, 0.1) is 0 Å². The highest BCUT2D eigenvalue weighted by atomic mass is 32.2. The molecule has 0 spiro atoms. The van der Waals surface area contributed by atoms with Gasteiger partial charge in [0.15, 0.2) is 0 Å². The molecular formula is C25H28N2O5S. The van der Waals surface area contributed by atoms with Crippen LogP contribution in [0.2, 0.25) is 0 Å². The van der Waals surface area contributed by atoms with Gasteiger partial charge in [-0.2, -0.15) is 0 Å². The van der Waals surface area contributed by atoms with Crippen LogP contribution in [-0.4, -0.2) is 57.8 Å². The Bertz CT molecular complexity index is 1010. The standard InChI is InChI=1S/C25H28N2O5S/c1-3-20(23(28)27-21(24(29)30)14-33-22(27)4-2)26-25(31)32-13-19-17-11-7-5-9-15(17)16-10-6-8-12-18(16)19/h5-12,19-22H,3-4,13-14H2,1-2H3,(H,26,31)(H,29,30)/t20-,21?,22?/m1/s1. The van der Waals surface area contributed by atoms with E-state index in [2.05, 4.69) is 17.4 Å². The van der Waals surface area contributed by atoms with Crippen molar-refractivity contribution in [3.05, 3.63) is 59.7 Å². The molecule has 1 fully saturated rings. The maximum atomic E-state index is 13.2. The second kappa shape index (κ2) is 9.87. The monoisotopic (exact) mass is 468 g/mol. The van der Waals surface area contributed by atoms with E-state index < -0.39 is 24.1 Å². The molecule has 0 bridgehead atoms. The molecule has 1 aliphatic carbocycles. The fourth-order valence-electron chi connectivity index (χ4n) is 4.66. The Hall–Kier alpha value is -3.00. The number of hydrogen-bond acceptors (Lipinski definition) is 5. The Kier molecular flexibility index (Phi) is 6.93. The summed E-state index contributed by atoms with van der Waals surface area (Å²) in [4.78, 5) is 38.9. The molecule has 1 aliphatic heterocycles. The summed E-state index contributed by atoms with van der Waals surface area (Å²) in [6.45, 7) is 3.85. The third kappa shape index (κ3) is 4.44. The Morgan fingerprint density at radius 2 is 1.70 bits per heavy atom. The van der Waals surface area contributed by atoms with Gasteiger partial charge >= 0.3 is 12.1 Å². The van der Waals surface area contributed by atoms with Gasteiger partial charge in [0.2, 0.25) is 5.91 Å². The predicted molar refractivity (Wildman–Crippen MR) is 127 cm³/mol. The fourth-order valence-corrected chi connectivity index (χ4v) is 6.02. The van der Waals surface area contributed by atoms with Crippen molar-refractivity contribution in [1.82, 2.24) is 10.2 Å². The first-order valence-corrected chi connectivity index (χ1v) is 12.3. The number of aliphatic carboxylic acids is 1. The number of carbonyl (C=O) groups is 3. The third-order valence-corrected chi connectivity index (χ3v) is 7.78. The van der Waals surface area contributed by atoms with Crippen LogP contribution in [0.1, 0.15) is 43.7 Å². The van der Waals surface area contributed by atoms with E-state index in [-0.39, 0.29) is 23.8 Å². The molecule has 8 heteroatoms. The van der Waals surface area contributed by atoms with E-state index in [1.807, 2.05) is 43.3 Å². The zero-order chi connectivity index (χ0) is 23.5. The molecule has 0 radical (unpaired) electrons. The van der Waals surface area contributed by atoms with Gasteiger partial charge in [0.1, 0.15) is 18.7 Å². The van der Waals surface area contributed by atoms with E-state index in [4.69, 9.17) is 4.74 Å². The number of hydrogen-bond donors (Lipinski definition) is 2. The average Bonchev–Trinajstić information content (AvgIpc) is 3.40. The second-order valence-electron chi connectivity index (χ2n) is 8.23. The van der Waals surface area contributed by atoms with Gasteiger partial charge < -0.3 is 20.1 Å². The minimum atomic E-state index is -1.03. The van der Waals surface area contributed by atoms with Crippen molar-refractivity contribution in [2.45, 2.75) is 50.1 Å². The molecular weight excluding hydrogens is 440 g/mol. The van der Waals surface area contributed by atoms with Crippen LogP contribution in [0.25, 0.3) is 11.1 Å². The van der Waals surface area contributed by atoms with Gasteiger partial charge in [-0.05, 0) is 35.1 Å². The number of thioether (sulfide) groups is 1. The van der Waals surface area contributed by atoms with Crippen LogP contribution in [0.4, 0.5) is 4.79 Å². The van der Waals surface area contributed by atoms with Gasteiger partial charge in [-0.1, -0.05) is 62.4 Å². The quantitative estimate of drug-likeness (QED) is 0.636. The number of carbonyl (C=O) groups excluding carboxylic acids is 2. The zero-order valence-corrected chi connectivity index (χ0v) is 19.5. The van der Waals surface area contributed by atoms with Crippen molar-refractivity contribution >= 4 is 29.7 Å². The van der Waals surface area contributed by atoms with E-state index in [1.165, 1.54) is 16.7 Å². The van der Waals surface area contributed by atoms with E-state index >= 15 is 0 Å². The van der Waals surface area contributed by atoms with Crippen molar-refractivity contribution in [3.8, 4) is 11.1 Å². The highest BCUT2D eigenvalue weighted by Crippen LogP contribution is 2.44. The van der Waals surface area contributed by atoms with Crippen molar-refractivity contribution in [1.29, 1.82) is 0 Å². The van der Waals surface area contributed by atoms with Gasteiger partial charge in [0.05, 0.1) is 5.37 Å². The molecule has 4 rings (SSSR count). The summed E-state index contributed by atoms with van der Waals surface area (Å²) in [5, 5.41) is 12.0. The van der Waals surface area contributed by atoms with Crippen LogP contribution in [0.5, 0.6) is 0 Å². The van der Waals surface area contributed by atoms with Crippen LogP contribution in [0.15, 0.2) is 48.5 Å². The van der Waals surface area contributed by atoms with Crippen LogP contribution in [-0.2, 0) is 14.3 Å². The van der Waals surface area contributed by atoms with Crippen LogP contribution >= 0.6 is 11.8 Å². The Balaban J connectivity index is 1.43. The maximum absolute atomic E-state index is 13.2. The zero-order valence-electron chi connectivity index (χ0n) is 18.7. The average molecular weight is 469 g/mol. The van der Waals surface area contributed by atoms with E-state index in [9.17, 15) is 19.5 Å². The molecule has 0 saturated carbocycles. The summed E-state index contributed by atoms with van der Waals surface area (Å²) >= 11 is 1.46. The summed E-state index contributed by atoms with van der Waals surface area (Å²) in [5.74, 6) is -1.13. The number of ether oxygens (including phenoxy) is 1. The molecule has 2 unspecified atom stereocenters. The lowest BCUT2D eigenvalue weighted by molar-refractivity contribution is -0.150. The number of fused-ring (bicyclic) bond motifs is 3. The first kappa shape index (κ1) is 23.2. The molecule has 2 N–H and O–H groups in total. The summed E-state index contributed by atoms with van der Waals surface area (Å²) in [6.07, 6.45) is 0.304. The van der Waals surface area contributed by atoms with Crippen LogP contribution in [0.3, 0.4) is 0 Å². The molecule has 2 aliphatic rings. The summed E-state index contributed by atoms with van der Waals surface area (Å²) in [6, 6.07) is 14.4. The van der Waals surface area contributed by atoms with Gasteiger partial charge in [-0.25, -0.2) is 9.59 Å². The lowest BCUT2D eigenvalue weighted by Crippen LogP contribution is -2.54. The van der Waals surface area contributed by atoms with E-state index in [0.29, 0.717) is 18.6 Å². The maximum Gasteiger partial charge on any atom is 0.407 e. The highest BCUT2D eigenvalue weighted by molar-refractivity contribution is 8.00. The minimum Gasteiger partial charge on any atom is -0.480 e. The van der Waals surface area contributed by atoms with Gasteiger partial charge in [-0.3, -0.25) is 4.79 Å². The molecule has 3 atom stereocenters. The molecule has 7 nitrogen and oxygen atoms in total. The second-order valence-corrected chi connectivity index (χ2v) is 9.44. The molecule has 0 aromatic heterocycles. The number of amides is 2. The van der Waals surface area contributed by atoms with Crippen molar-refractivity contribution in [2.75, 3.05) is 12.4 Å². The topological polar surface area (TPSA) is 95.9 Å². The normalized spacial score (nSPS) is 20.1. The Morgan fingerprint density at radius 1 is 1.09 bits per heavy atom. The summed E-state index contributed by atoms with van der Waals surface area (Å²) in [7, 11) is 0. The summed E-state index contributed by atoms with van der Waals surface area (Å²) < 4.78 is 5.57.